The molecule has 0 aromatic carbocycles. The maximum atomic E-state index is 10.5. The van der Waals surface area contributed by atoms with Crippen LogP contribution >= 0.6 is 0 Å². The molecule has 14 nitrogen and oxygen atoms in total. The van der Waals surface area contributed by atoms with Gasteiger partial charge in [0.15, 0.2) is 12.6 Å². The number of carbonyl (C=O) groups excluding carboxylic acids is 1. The number of hydrogen-bond acceptors (Lipinski definition) is 13. The van der Waals surface area contributed by atoms with Gasteiger partial charge in [-0.3, -0.25) is 4.79 Å². The minimum atomic E-state index is -1.76. The minimum Gasteiger partial charge on any atom is -0.394 e. The number of amides is 1. The molecule has 0 aliphatic carbocycles. The van der Waals surface area contributed by atoms with Gasteiger partial charge in [-0.15, -0.1) is 0 Å². The molecular weight excluding hydrogens is 414 g/mol. The van der Waals surface area contributed by atoms with E-state index < -0.39 is 87.3 Å². The highest BCUT2D eigenvalue weighted by Crippen LogP contribution is 2.29. The van der Waals surface area contributed by atoms with Crippen LogP contribution in [0.2, 0.25) is 0 Å². The van der Waals surface area contributed by atoms with E-state index in [1.165, 1.54) is 0 Å². The fraction of sp³-hybridized carbons (Fsp3) is 0.938. The summed E-state index contributed by atoms with van der Waals surface area (Å²) in [5, 5.41) is 80.6. The molecule has 14 heteroatoms. The lowest BCUT2D eigenvalue weighted by Gasteiger charge is -2.46. The minimum absolute atomic E-state index is 0.278. The number of aliphatic hydroxyl groups excluding tert-OH is 8. The smallest absolute Gasteiger partial charge is 0.207 e. The number of aliphatic hydroxyl groups is 8. The first-order chi connectivity index (χ1) is 14.3. The molecule has 2 rings (SSSR count). The second-order valence-corrected chi connectivity index (χ2v) is 7.00. The third kappa shape index (κ3) is 5.61. The van der Waals surface area contributed by atoms with Gasteiger partial charge in [0.05, 0.1) is 32.5 Å². The molecule has 2 aliphatic heterocycles. The average molecular weight is 443 g/mol. The topological polar surface area (TPSA) is 228 Å². The highest BCUT2D eigenvalue weighted by molar-refractivity contribution is 5.46. The molecule has 2 fully saturated rings. The monoisotopic (exact) mass is 443 g/mol. The van der Waals surface area contributed by atoms with E-state index >= 15 is 0 Å². The first-order valence-corrected chi connectivity index (χ1v) is 9.29. The van der Waals surface area contributed by atoms with E-state index in [4.69, 9.17) is 24.1 Å². The Morgan fingerprint density at radius 2 is 1.43 bits per heavy atom. The van der Waals surface area contributed by atoms with Crippen molar-refractivity contribution in [1.82, 2.24) is 5.32 Å². The van der Waals surface area contributed by atoms with Gasteiger partial charge in [0.25, 0.3) is 0 Å². The fourth-order valence-corrected chi connectivity index (χ4v) is 3.15. The predicted molar refractivity (Wildman–Crippen MR) is 92.4 cm³/mol. The van der Waals surface area contributed by atoms with Crippen LogP contribution in [0.3, 0.4) is 0 Å². The number of carbonyl (C=O) groups is 1. The van der Waals surface area contributed by atoms with Crippen LogP contribution in [-0.2, 0) is 23.7 Å². The van der Waals surface area contributed by atoms with Gasteiger partial charge < -0.3 is 65.1 Å². The second kappa shape index (κ2) is 11.6. The van der Waals surface area contributed by atoms with Crippen molar-refractivity contribution in [3.8, 4) is 0 Å². The molecule has 2 aliphatic rings. The molecule has 0 unspecified atom stereocenters. The van der Waals surface area contributed by atoms with Crippen LogP contribution in [0.15, 0.2) is 0 Å². The van der Waals surface area contributed by atoms with Crippen LogP contribution in [0.5, 0.6) is 0 Å². The van der Waals surface area contributed by atoms with E-state index in [-0.39, 0.29) is 6.61 Å². The van der Waals surface area contributed by atoms with Crippen LogP contribution in [0.25, 0.3) is 0 Å². The van der Waals surface area contributed by atoms with Crippen molar-refractivity contribution in [2.24, 2.45) is 0 Å². The second-order valence-electron chi connectivity index (χ2n) is 7.00. The first-order valence-electron chi connectivity index (χ1n) is 9.29. The summed E-state index contributed by atoms with van der Waals surface area (Å²) in [7, 11) is 0. The lowest BCUT2D eigenvalue weighted by molar-refractivity contribution is -0.359. The molecule has 11 atom stereocenters. The van der Waals surface area contributed by atoms with Crippen molar-refractivity contribution in [2.45, 2.75) is 67.5 Å². The molecular formula is C16H29NO13. The Bertz CT molecular complexity index is 523. The number of rotatable bonds is 10. The summed E-state index contributed by atoms with van der Waals surface area (Å²) < 4.78 is 21.2. The van der Waals surface area contributed by atoms with Gasteiger partial charge in [-0.25, -0.2) is 0 Å². The van der Waals surface area contributed by atoms with Crippen molar-refractivity contribution in [3.63, 3.8) is 0 Å². The Hall–Kier alpha value is -1.01. The maximum absolute atomic E-state index is 10.5. The Labute approximate surface area is 171 Å². The van der Waals surface area contributed by atoms with Gasteiger partial charge in [-0.05, 0) is 0 Å². The molecule has 2 saturated heterocycles. The summed E-state index contributed by atoms with van der Waals surface area (Å²) in [6.07, 6.45) is -15.2. The highest BCUT2D eigenvalue weighted by Gasteiger charge is 2.50. The molecule has 1 amide bonds. The van der Waals surface area contributed by atoms with Crippen LogP contribution in [0.1, 0.15) is 0 Å². The van der Waals surface area contributed by atoms with E-state index in [9.17, 15) is 40.5 Å². The Morgan fingerprint density at radius 3 is 2.00 bits per heavy atom. The van der Waals surface area contributed by atoms with Crippen molar-refractivity contribution in [2.75, 3.05) is 26.4 Å². The summed E-state index contributed by atoms with van der Waals surface area (Å²) in [5.41, 5.74) is 0. The number of nitrogens with one attached hydrogen (secondary N) is 1. The normalized spacial score (nSPS) is 43.2. The van der Waals surface area contributed by atoms with E-state index in [0.717, 1.165) is 0 Å². The zero-order valence-electron chi connectivity index (χ0n) is 15.9. The van der Waals surface area contributed by atoms with Gasteiger partial charge in [0.2, 0.25) is 6.41 Å². The summed E-state index contributed by atoms with van der Waals surface area (Å²) in [6, 6.07) is -0.800. The molecule has 0 spiro atoms. The summed E-state index contributed by atoms with van der Waals surface area (Å²) >= 11 is 0. The largest absolute Gasteiger partial charge is 0.394 e. The molecule has 30 heavy (non-hydrogen) atoms. The van der Waals surface area contributed by atoms with E-state index in [0.29, 0.717) is 6.41 Å². The SMILES string of the molecule is O=CN[C@H](CO)CO[C@@H]1O[C@H](CO)[C@@H](O[C@H]2O[C@H](CO)[C@@H](O)[C@H](O)[C@@H]2O)[C@H](O)[C@H]1O. The van der Waals surface area contributed by atoms with E-state index in [2.05, 4.69) is 5.32 Å². The first kappa shape index (κ1) is 25.3. The highest BCUT2D eigenvalue weighted by atomic mass is 16.7. The number of ether oxygens (including phenoxy) is 4. The van der Waals surface area contributed by atoms with Gasteiger partial charge in [0, 0.05) is 0 Å². The number of hydrogen-bond donors (Lipinski definition) is 9. The summed E-state index contributed by atoms with van der Waals surface area (Å²) in [5.74, 6) is 0. The molecule has 176 valence electrons. The Balaban J connectivity index is 2.04. The van der Waals surface area contributed by atoms with Crippen molar-refractivity contribution < 1.29 is 64.6 Å². The maximum Gasteiger partial charge on any atom is 0.207 e. The zero-order chi connectivity index (χ0) is 22.4. The molecule has 2 heterocycles. The lowest BCUT2D eigenvalue weighted by Crippen LogP contribution is -2.64. The summed E-state index contributed by atoms with van der Waals surface area (Å²) in [4.78, 5) is 10.5. The quantitative estimate of drug-likeness (QED) is 0.143. The molecule has 0 aromatic heterocycles. The van der Waals surface area contributed by atoms with Crippen molar-refractivity contribution in [3.05, 3.63) is 0 Å². The molecule has 9 N–H and O–H groups in total. The molecule has 0 aromatic rings. The van der Waals surface area contributed by atoms with Gasteiger partial charge in [-0.1, -0.05) is 0 Å². The fourth-order valence-electron chi connectivity index (χ4n) is 3.15. The molecule has 0 saturated carbocycles. The standard InChI is InChI=1S/C16H29NO13/c18-1-6(17-5-21)4-27-15-13(26)11(24)14(8(3-20)29-15)30-16-12(25)10(23)9(22)7(2-19)28-16/h5-16,18-20,22-26H,1-4H2,(H,17,21)/t6-,7-,8-,9-,10+,11-,12+,13-,14-,15-,16-/m1/s1. The molecule has 0 bridgehead atoms. The Kier molecular flexibility index (Phi) is 9.73. The van der Waals surface area contributed by atoms with Gasteiger partial charge in [-0.2, -0.15) is 0 Å². The van der Waals surface area contributed by atoms with Crippen molar-refractivity contribution in [1.29, 1.82) is 0 Å². The Morgan fingerprint density at radius 1 is 0.833 bits per heavy atom. The predicted octanol–water partition coefficient (Wildman–Crippen LogP) is -6.27. The summed E-state index contributed by atoms with van der Waals surface area (Å²) in [6.45, 7) is -2.14. The van der Waals surface area contributed by atoms with Crippen LogP contribution < -0.4 is 5.32 Å². The van der Waals surface area contributed by atoms with Crippen LogP contribution in [0, 0.1) is 0 Å². The van der Waals surface area contributed by atoms with Crippen LogP contribution in [-0.4, -0.2) is 141 Å². The average Bonchev–Trinajstić information content (AvgIpc) is 2.75. The van der Waals surface area contributed by atoms with Crippen LogP contribution in [0.4, 0.5) is 0 Å². The zero-order valence-corrected chi connectivity index (χ0v) is 15.9. The molecule has 0 radical (unpaired) electrons. The van der Waals surface area contributed by atoms with Gasteiger partial charge >= 0.3 is 0 Å². The van der Waals surface area contributed by atoms with E-state index in [1.807, 2.05) is 0 Å². The van der Waals surface area contributed by atoms with Crippen molar-refractivity contribution >= 4 is 6.41 Å². The third-order valence-electron chi connectivity index (χ3n) is 4.95. The van der Waals surface area contributed by atoms with E-state index in [1.54, 1.807) is 0 Å². The lowest BCUT2D eigenvalue weighted by atomic mass is 9.97. The third-order valence-corrected chi connectivity index (χ3v) is 4.95. The van der Waals surface area contributed by atoms with Gasteiger partial charge in [0.1, 0.15) is 48.8 Å².